The summed E-state index contributed by atoms with van der Waals surface area (Å²) >= 11 is 0. The molecule has 0 unspecified atom stereocenters. The minimum atomic E-state index is -0.569. The number of aryl methyl sites for hydroxylation is 2. The molecule has 0 saturated heterocycles. The maximum Gasteiger partial charge on any atom is 0.373 e. The van der Waals surface area contributed by atoms with Crippen molar-refractivity contribution in [2.24, 2.45) is 0 Å². The number of nitrogens with zero attached hydrogens (tertiary/aromatic N) is 3. The quantitative estimate of drug-likeness (QED) is 0.534. The van der Waals surface area contributed by atoms with Crippen LogP contribution in [-0.4, -0.2) is 14.9 Å². The third-order valence-corrected chi connectivity index (χ3v) is 3.67. The zero-order chi connectivity index (χ0) is 17.8. The van der Waals surface area contributed by atoms with Crippen molar-refractivity contribution in [3.8, 4) is 11.6 Å². The molecule has 8 heteroatoms. The Balaban J connectivity index is 1.89. The Bertz CT molecular complexity index is 894. The molecule has 0 aliphatic carbocycles. The summed E-state index contributed by atoms with van der Waals surface area (Å²) in [6.45, 7) is 4.17. The summed E-state index contributed by atoms with van der Waals surface area (Å²) in [6.07, 6.45) is 2.74. The van der Waals surface area contributed by atoms with E-state index in [9.17, 15) is 10.1 Å². The fourth-order valence-electron chi connectivity index (χ4n) is 2.20. The van der Waals surface area contributed by atoms with Gasteiger partial charge in [0.05, 0.1) is 17.7 Å². The van der Waals surface area contributed by atoms with Gasteiger partial charge in [-0.05, 0) is 49.2 Å². The van der Waals surface area contributed by atoms with Crippen LogP contribution in [0.4, 0.5) is 11.5 Å². The van der Waals surface area contributed by atoms with Gasteiger partial charge in [-0.25, -0.2) is 4.98 Å². The van der Waals surface area contributed by atoms with Crippen LogP contribution in [0.5, 0.6) is 11.6 Å². The number of anilines is 1. The van der Waals surface area contributed by atoms with Gasteiger partial charge in [-0.3, -0.25) is 10.1 Å². The Morgan fingerprint density at radius 2 is 2.08 bits per heavy atom. The van der Waals surface area contributed by atoms with Crippen molar-refractivity contribution in [2.75, 3.05) is 5.32 Å². The maximum absolute atomic E-state index is 11.5. The lowest BCUT2D eigenvalue weighted by molar-refractivity contribution is -0.385. The van der Waals surface area contributed by atoms with Crippen molar-refractivity contribution in [3.05, 3.63) is 69.9 Å². The van der Waals surface area contributed by atoms with Gasteiger partial charge in [-0.1, -0.05) is 6.07 Å². The van der Waals surface area contributed by atoms with E-state index in [1.165, 1.54) is 12.6 Å². The van der Waals surface area contributed by atoms with E-state index in [0.717, 1.165) is 11.1 Å². The molecule has 2 heterocycles. The Hall–Kier alpha value is -3.42. The van der Waals surface area contributed by atoms with E-state index >= 15 is 0 Å². The van der Waals surface area contributed by atoms with Gasteiger partial charge in [0.25, 0.3) is 0 Å². The topological polar surface area (TPSA) is 103 Å². The molecule has 1 N–H and O–H groups in total. The predicted molar refractivity (Wildman–Crippen MR) is 90.7 cm³/mol. The summed E-state index contributed by atoms with van der Waals surface area (Å²) in [4.78, 5) is 18.8. The van der Waals surface area contributed by atoms with E-state index < -0.39 is 4.92 Å². The highest BCUT2D eigenvalue weighted by molar-refractivity contribution is 5.61. The first-order valence-electron chi connectivity index (χ1n) is 7.55. The Morgan fingerprint density at radius 1 is 1.24 bits per heavy atom. The number of nitrogens with one attached hydrogen (secondary N) is 1. The predicted octanol–water partition coefficient (Wildman–Crippen LogP) is 4.00. The van der Waals surface area contributed by atoms with Gasteiger partial charge >= 0.3 is 11.6 Å². The van der Waals surface area contributed by atoms with Crippen LogP contribution in [0.15, 0.2) is 47.3 Å². The summed E-state index contributed by atoms with van der Waals surface area (Å²) in [6, 6.07) is 8.92. The van der Waals surface area contributed by atoms with E-state index in [1.54, 1.807) is 24.3 Å². The van der Waals surface area contributed by atoms with Crippen molar-refractivity contribution in [2.45, 2.75) is 20.4 Å². The molecule has 3 rings (SSSR count). The number of hydrogen-bond donors (Lipinski definition) is 1. The Morgan fingerprint density at radius 3 is 2.76 bits per heavy atom. The van der Waals surface area contributed by atoms with Crippen molar-refractivity contribution in [1.29, 1.82) is 0 Å². The third kappa shape index (κ3) is 3.74. The molecular weight excluding hydrogens is 324 g/mol. The standard InChI is InChI=1S/C17H16N4O4/c1-11-5-6-13(8-12(11)2)25-17-15(21(22)23)16(19-10-20-17)18-9-14-4-3-7-24-14/h3-8,10H,9H2,1-2H3,(H,18,19,20). The van der Waals surface area contributed by atoms with E-state index in [2.05, 4.69) is 15.3 Å². The molecule has 8 nitrogen and oxygen atoms in total. The lowest BCUT2D eigenvalue weighted by Crippen LogP contribution is -2.06. The first kappa shape index (κ1) is 16.4. The Labute approximate surface area is 143 Å². The summed E-state index contributed by atoms with van der Waals surface area (Å²) in [7, 11) is 0. The van der Waals surface area contributed by atoms with Gasteiger partial charge in [0.2, 0.25) is 5.82 Å². The molecule has 0 bridgehead atoms. The second-order valence-electron chi connectivity index (χ2n) is 5.41. The van der Waals surface area contributed by atoms with Crippen LogP contribution in [0.25, 0.3) is 0 Å². The number of hydrogen-bond acceptors (Lipinski definition) is 7. The molecule has 0 spiro atoms. The fourth-order valence-corrected chi connectivity index (χ4v) is 2.20. The lowest BCUT2D eigenvalue weighted by Gasteiger charge is -2.09. The number of nitro groups is 1. The summed E-state index contributed by atoms with van der Waals surface area (Å²) in [5, 5.41) is 14.4. The summed E-state index contributed by atoms with van der Waals surface area (Å²) in [5.74, 6) is 1.05. The van der Waals surface area contributed by atoms with Gasteiger partial charge in [-0.2, -0.15) is 4.98 Å². The van der Waals surface area contributed by atoms with Gasteiger partial charge in [0.1, 0.15) is 17.8 Å². The largest absolute Gasteiger partial charge is 0.467 e. The number of furan rings is 1. The van der Waals surface area contributed by atoms with Crippen molar-refractivity contribution < 1.29 is 14.1 Å². The Kier molecular flexibility index (Phi) is 4.60. The molecule has 0 atom stereocenters. The van der Waals surface area contributed by atoms with Crippen molar-refractivity contribution >= 4 is 11.5 Å². The highest BCUT2D eigenvalue weighted by Crippen LogP contribution is 2.34. The second-order valence-corrected chi connectivity index (χ2v) is 5.41. The molecule has 0 radical (unpaired) electrons. The highest BCUT2D eigenvalue weighted by Gasteiger charge is 2.25. The van der Waals surface area contributed by atoms with Crippen LogP contribution in [0.3, 0.4) is 0 Å². The van der Waals surface area contributed by atoms with Crippen LogP contribution in [0.2, 0.25) is 0 Å². The van der Waals surface area contributed by atoms with Gasteiger partial charge in [0.15, 0.2) is 0 Å². The zero-order valence-corrected chi connectivity index (χ0v) is 13.7. The zero-order valence-electron chi connectivity index (χ0n) is 13.7. The van der Waals surface area contributed by atoms with Gasteiger partial charge in [0, 0.05) is 0 Å². The maximum atomic E-state index is 11.5. The van der Waals surface area contributed by atoms with Crippen LogP contribution >= 0.6 is 0 Å². The van der Waals surface area contributed by atoms with E-state index in [4.69, 9.17) is 9.15 Å². The molecule has 0 aliphatic rings. The SMILES string of the molecule is Cc1ccc(Oc2ncnc(NCc3ccco3)c2[N+](=O)[O-])cc1C. The van der Waals surface area contributed by atoms with Crippen LogP contribution in [0, 0.1) is 24.0 Å². The minimum absolute atomic E-state index is 0.0650. The monoisotopic (exact) mass is 340 g/mol. The second kappa shape index (κ2) is 7.00. The molecule has 0 aliphatic heterocycles. The molecule has 0 amide bonds. The molecule has 3 aromatic rings. The number of aromatic nitrogens is 2. The van der Waals surface area contributed by atoms with E-state index in [-0.39, 0.29) is 23.9 Å². The molecular formula is C17H16N4O4. The van der Waals surface area contributed by atoms with Gasteiger partial charge < -0.3 is 14.5 Å². The first-order valence-corrected chi connectivity index (χ1v) is 7.55. The van der Waals surface area contributed by atoms with Crippen LogP contribution in [0.1, 0.15) is 16.9 Å². The first-order chi connectivity index (χ1) is 12.0. The minimum Gasteiger partial charge on any atom is -0.467 e. The third-order valence-electron chi connectivity index (χ3n) is 3.67. The number of benzene rings is 1. The lowest BCUT2D eigenvalue weighted by atomic mass is 10.1. The van der Waals surface area contributed by atoms with Gasteiger partial charge in [-0.15, -0.1) is 0 Å². The van der Waals surface area contributed by atoms with E-state index in [0.29, 0.717) is 11.5 Å². The number of ether oxygens (including phenoxy) is 1. The normalized spacial score (nSPS) is 10.5. The molecule has 2 aromatic heterocycles. The molecule has 0 saturated carbocycles. The molecule has 25 heavy (non-hydrogen) atoms. The number of rotatable bonds is 6. The van der Waals surface area contributed by atoms with Crippen molar-refractivity contribution in [3.63, 3.8) is 0 Å². The van der Waals surface area contributed by atoms with Crippen LogP contribution in [-0.2, 0) is 6.54 Å². The average Bonchev–Trinajstić information content (AvgIpc) is 3.09. The molecule has 0 fully saturated rings. The summed E-state index contributed by atoms with van der Waals surface area (Å²) < 4.78 is 10.8. The van der Waals surface area contributed by atoms with Crippen LogP contribution < -0.4 is 10.1 Å². The average molecular weight is 340 g/mol. The van der Waals surface area contributed by atoms with Crippen molar-refractivity contribution in [1.82, 2.24) is 9.97 Å². The smallest absolute Gasteiger partial charge is 0.373 e. The summed E-state index contributed by atoms with van der Waals surface area (Å²) in [5.41, 5.74) is 1.79. The fraction of sp³-hybridized carbons (Fsp3) is 0.176. The van der Waals surface area contributed by atoms with E-state index in [1.807, 2.05) is 19.9 Å². The molecule has 1 aromatic carbocycles. The molecule has 128 valence electrons. The highest BCUT2D eigenvalue weighted by atomic mass is 16.6.